The second-order valence-corrected chi connectivity index (χ2v) is 5.48. The zero-order valence-electron chi connectivity index (χ0n) is 12.6. The third-order valence-electron chi connectivity index (χ3n) is 4.04. The minimum Gasteiger partial charge on any atom is -0.362 e. The smallest absolute Gasteiger partial charge is 0.362 e. The van der Waals surface area contributed by atoms with Crippen LogP contribution in [0.4, 0.5) is 19.0 Å². The molecule has 2 aromatic rings. The van der Waals surface area contributed by atoms with Crippen molar-refractivity contribution in [1.29, 1.82) is 5.26 Å². The largest absolute Gasteiger partial charge is 0.410 e. The van der Waals surface area contributed by atoms with Crippen LogP contribution >= 0.6 is 0 Å². The summed E-state index contributed by atoms with van der Waals surface area (Å²) >= 11 is 0. The van der Waals surface area contributed by atoms with E-state index in [2.05, 4.69) is 15.5 Å². The van der Waals surface area contributed by atoms with E-state index in [-0.39, 0.29) is 17.8 Å². The van der Waals surface area contributed by atoms with E-state index in [1.807, 2.05) is 13.0 Å². The molecule has 9 heteroatoms. The fourth-order valence-electron chi connectivity index (χ4n) is 2.89. The predicted molar refractivity (Wildman–Crippen MR) is 75.7 cm³/mol. The molecule has 0 unspecified atom stereocenters. The summed E-state index contributed by atoms with van der Waals surface area (Å²) in [6.07, 6.45) is -1.73. The van der Waals surface area contributed by atoms with Crippen molar-refractivity contribution in [2.45, 2.75) is 45.1 Å². The van der Waals surface area contributed by atoms with Crippen LogP contribution in [0.3, 0.4) is 0 Å². The van der Waals surface area contributed by atoms with E-state index in [1.54, 1.807) is 17.8 Å². The zero-order chi connectivity index (χ0) is 16.8. The van der Waals surface area contributed by atoms with Gasteiger partial charge in [0.1, 0.15) is 17.5 Å². The summed E-state index contributed by atoms with van der Waals surface area (Å²) in [5.41, 5.74) is 1.48. The molecule has 0 radical (unpaired) electrons. The number of aromatic nitrogens is 4. The van der Waals surface area contributed by atoms with Crippen LogP contribution in [-0.4, -0.2) is 25.7 Å². The molecule has 0 spiro atoms. The first-order valence-corrected chi connectivity index (χ1v) is 7.20. The fraction of sp³-hybridized carbons (Fsp3) is 0.500. The molecule has 0 bridgehead atoms. The number of hydrogen-bond donors (Lipinski definition) is 1. The van der Waals surface area contributed by atoms with Gasteiger partial charge in [0, 0.05) is 24.7 Å². The Bertz CT molecular complexity index is 767. The Morgan fingerprint density at radius 1 is 1.48 bits per heavy atom. The molecule has 0 amide bonds. The maximum atomic E-state index is 13.4. The molecule has 2 atom stereocenters. The molecule has 1 aliphatic heterocycles. The lowest BCUT2D eigenvalue weighted by Gasteiger charge is -2.33. The zero-order valence-corrected chi connectivity index (χ0v) is 12.6. The summed E-state index contributed by atoms with van der Waals surface area (Å²) in [5, 5.41) is 20.1. The van der Waals surface area contributed by atoms with Gasteiger partial charge in [0.15, 0.2) is 6.04 Å². The topological polar surface area (TPSA) is 71.5 Å². The van der Waals surface area contributed by atoms with Crippen molar-refractivity contribution >= 4 is 5.82 Å². The lowest BCUT2D eigenvalue weighted by Crippen LogP contribution is -2.36. The fourth-order valence-corrected chi connectivity index (χ4v) is 2.89. The van der Waals surface area contributed by atoms with E-state index in [1.165, 1.54) is 0 Å². The first kappa shape index (κ1) is 15.4. The van der Waals surface area contributed by atoms with Crippen LogP contribution in [0.2, 0.25) is 0 Å². The van der Waals surface area contributed by atoms with Crippen LogP contribution in [0.25, 0.3) is 0 Å². The molecule has 0 aliphatic carbocycles. The van der Waals surface area contributed by atoms with E-state index in [0.29, 0.717) is 17.8 Å². The van der Waals surface area contributed by atoms with Crippen molar-refractivity contribution in [3.8, 4) is 6.07 Å². The molecular formula is C14H15F3N6. The van der Waals surface area contributed by atoms with Gasteiger partial charge in [-0.25, -0.2) is 4.68 Å². The second kappa shape index (κ2) is 5.30. The number of fused-ring (bicyclic) bond motifs is 1. The van der Waals surface area contributed by atoms with Gasteiger partial charge < -0.3 is 5.32 Å². The summed E-state index contributed by atoms with van der Waals surface area (Å²) in [6.45, 7) is 4.31. The Hall–Kier alpha value is -2.50. The highest BCUT2D eigenvalue weighted by atomic mass is 19.4. The lowest BCUT2D eigenvalue weighted by molar-refractivity contribution is -0.173. The van der Waals surface area contributed by atoms with Crippen LogP contribution < -0.4 is 5.32 Å². The Morgan fingerprint density at radius 2 is 2.22 bits per heavy atom. The molecule has 3 heterocycles. The second-order valence-electron chi connectivity index (χ2n) is 5.48. The summed E-state index contributed by atoms with van der Waals surface area (Å²) in [5.74, 6) is 0.106. The molecule has 0 aromatic carbocycles. The molecule has 6 nitrogen and oxygen atoms in total. The first-order chi connectivity index (χ1) is 10.8. The van der Waals surface area contributed by atoms with Crippen LogP contribution in [-0.2, 0) is 6.54 Å². The van der Waals surface area contributed by atoms with Crippen molar-refractivity contribution in [2.24, 2.45) is 0 Å². The van der Waals surface area contributed by atoms with Gasteiger partial charge in [-0.15, -0.1) is 0 Å². The van der Waals surface area contributed by atoms with Gasteiger partial charge in [0.2, 0.25) is 0 Å². The Balaban J connectivity index is 2.05. The molecule has 0 saturated carbocycles. The van der Waals surface area contributed by atoms with Crippen molar-refractivity contribution in [2.75, 3.05) is 5.32 Å². The van der Waals surface area contributed by atoms with E-state index >= 15 is 0 Å². The van der Waals surface area contributed by atoms with Crippen LogP contribution in [0.5, 0.6) is 0 Å². The Kier molecular flexibility index (Phi) is 3.55. The minimum absolute atomic E-state index is 0.101. The standard InChI is InChI=1S/C14H15F3N6/c1-3-22-7-10(8(2)21-22)11-4-12(14(15,16)17)23-13(20-11)9(5-18)6-19-23/h6-7,11-12,20H,3-4H2,1-2H3/t11-,12+/m0/s1. The summed E-state index contributed by atoms with van der Waals surface area (Å²) in [4.78, 5) is 0. The number of nitrogens with one attached hydrogen (secondary N) is 1. The van der Waals surface area contributed by atoms with Crippen LogP contribution in [0.1, 0.15) is 42.2 Å². The van der Waals surface area contributed by atoms with Crippen molar-refractivity contribution < 1.29 is 13.2 Å². The van der Waals surface area contributed by atoms with E-state index < -0.39 is 18.3 Å². The van der Waals surface area contributed by atoms with Gasteiger partial charge >= 0.3 is 6.18 Å². The molecule has 0 fully saturated rings. The predicted octanol–water partition coefficient (Wildman–Crippen LogP) is 2.94. The van der Waals surface area contributed by atoms with Gasteiger partial charge in [-0.3, -0.25) is 4.68 Å². The molecule has 122 valence electrons. The summed E-state index contributed by atoms with van der Waals surface area (Å²) < 4.78 is 42.7. The SMILES string of the molecule is CCn1cc([C@@H]2C[C@H](C(F)(F)F)n3ncc(C#N)c3N2)c(C)n1. The van der Waals surface area contributed by atoms with Gasteiger partial charge in [-0.05, 0) is 13.8 Å². The lowest BCUT2D eigenvalue weighted by atomic mass is 9.97. The van der Waals surface area contributed by atoms with Gasteiger partial charge in [0.05, 0.1) is 17.9 Å². The molecule has 0 saturated heterocycles. The van der Waals surface area contributed by atoms with Gasteiger partial charge in [-0.1, -0.05) is 0 Å². The first-order valence-electron chi connectivity index (χ1n) is 7.20. The number of hydrogen-bond acceptors (Lipinski definition) is 4. The average Bonchev–Trinajstić information content (AvgIpc) is 3.07. The molecular weight excluding hydrogens is 309 g/mol. The average molecular weight is 324 g/mol. The van der Waals surface area contributed by atoms with Crippen molar-refractivity contribution in [1.82, 2.24) is 19.6 Å². The number of nitriles is 1. The number of nitrogens with zero attached hydrogens (tertiary/aromatic N) is 5. The number of halogens is 3. The summed E-state index contributed by atoms with van der Waals surface area (Å²) in [6, 6.07) is -0.463. The van der Waals surface area contributed by atoms with Crippen molar-refractivity contribution in [3.63, 3.8) is 0 Å². The summed E-state index contributed by atoms with van der Waals surface area (Å²) in [7, 11) is 0. The van der Waals surface area contributed by atoms with Gasteiger partial charge in [0.25, 0.3) is 0 Å². The normalized spacial score (nSPS) is 20.7. The van der Waals surface area contributed by atoms with Crippen LogP contribution in [0.15, 0.2) is 12.4 Å². The van der Waals surface area contributed by atoms with E-state index in [0.717, 1.165) is 10.9 Å². The molecule has 2 aromatic heterocycles. The monoisotopic (exact) mass is 324 g/mol. The third kappa shape index (κ3) is 2.54. The highest BCUT2D eigenvalue weighted by Crippen LogP contribution is 2.44. The molecule has 1 N–H and O–H groups in total. The van der Waals surface area contributed by atoms with E-state index in [9.17, 15) is 13.2 Å². The third-order valence-corrected chi connectivity index (χ3v) is 4.04. The van der Waals surface area contributed by atoms with Crippen LogP contribution in [0, 0.1) is 18.3 Å². The number of rotatable bonds is 2. The number of alkyl halides is 3. The Morgan fingerprint density at radius 3 is 2.78 bits per heavy atom. The maximum absolute atomic E-state index is 13.4. The highest BCUT2D eigenvalue weighted by Gasteiger charge is 2.47. The molecule has 3 rings (SSSR count). The number of aryl methyl sites for hydroxylation is 2. The highest BCUT2D eigenvalue weighted by molar-refractivity contribution is 5.54. The van der Waals surface area contributed by atoms with E-state index in [4.69, 9.17) is 5.26 Å². The number of anilines is 1. The quantitative estimate of drug-likeness (QED) is 0.922. The van der Waals surface area contributed by atoms with Crippen molar-refractivity contribution in [3.05, 3.63) is 29.2 Å². The van der Waals surface area contributed by atoms with Gasteiger partial charge in [-0.2, -0.15) is 28.6 Å². The maximum Gasteiger partial charge on any atom is 0.410 e. The minimum atomic E-state index is -4.44. The molecule has 1 aliphatic rings. The molecule has 23 heavy (non-hydrogen) atoms. The Labute approximate surface area is 130 Å².